The van der Waals surface area contributed by atoms with E-state index in [1.54, 1.807) is 14.0 Å². The lowest BCUT2D eigenvalue weighted by atomic mass is 10.1. The Morgan fingerprint density at radius 3 is 2.53 bits per heavy atom. The van der Waals surface area contributed by atoms with E-state index in [9.17, 15) is 4.79 Å². The fraction of sp³-hybridized carbons (Fsp3) is 0.370. The van der Waals surface area contributed by atoms with Crippen molar-refractivity contribution in [2.45, 2.75) is 38.8 Å². The van der Waals surface area contributed by atoms with E-state index in [4.69, 9.17) is 4.74 Å². The van der Waals surface area contributed by atoms with Gasteiger partial charge in [-0.2, -0.15) is 10.2 Å². The van der Waals surface area contributed by atoms with Gasteiger partial charge in [-0.15, -0.1) is 0 Å². The van der Waals surface area contributed by atoms with E-state index in [0.29, 0.717) is 0 Å². The summed E-state index contributed by atoms with van der Waals surface area (Å²) in [6.45, 7) is 5.33. The lowest BCUT2D eigenvalue weighted by molar-refractivity contribution is -0.119. The third-order valence-corrected chi connectivity index (χ3v) is 6.08. The summed E-state index contributed by atoms with van der Waals surface area (Å²) < 4.78 is 5.20. The Hall–Kier alpha value is -3.45. The van der Waals surface area contributed by atoms with Crippen LogP contribution in [0.2, 0.25) is 0 Å². The van der Waals surface area contributed by atoms with Crippen LogP contribution in [0.5, 0.6) is 5.75 Å². The maximum atomic E-state index is 11.2. The molecule has 1 aliphatic rings. The van der Waals surface area contributed by atoms with Crippen molar-refractivity contribution in [2.75, 3.05) is 32.1 Å². The maximum absolute atomic E-state index is 11.2. The van der Waals surface area contributed by atoms with E-state index in [0.717, 1.165) is 73.8 Å². The number of methoxy groups -OCH3 is 1. The number of hydrogen-bond acceptors (Lipinski definition) is 6. The first-order chi connectivity index (χ1) is 16.6. The molecule has 4 rings (SSSR count). The van der Waals surface area contributed by atoms with E-state index >= 15 is 0 Å². The number of likely N-dealkylation sites (tertiary alicyclic amines) is 1. The zero-order chi connectivity index (χ0) is 23.8. The first kappa shape index (κ1) is 23.7. The Balaban J connectivity index is 1.17. The summed E-state index contributed by atoms with van der Waals surface area (Å²) in [7, 11) is 1.66. The van der Waals surface area contributed by atoms with Crippen LogP contribution in [0.15, 0.2) is 60.7 Å². The standard InChI is InChI=1S/C27H33N5O2/c1-20(33)29-25-15-17-32(19-25)18-21-5-9-23(10-6-21)28-16-3-4-24-11-14-27(31-30-24)22-7-12-26(34-2)13-8-22/h5-14,25,28H,3-4,15-19H2,1-2H3,(H,29,33). The van der Waals surface area contributed by atoms with Gasteiger partial charge in [-0.05, 0) is 73.4 Å². The number of carbonyl (C=O) groups excluding carboxylic acids is 1. The van der Waals surface area contributed by atoms with Gasteiger partial charge in [-0.3, -0.25) is 9.69 Å². The lowest BCUT2D eigenvalue weighted by Gasteiger charge is -2.16. The normalized spacial score (nSPS) is 15.8. The molecule has 1 fully saturated rings. The van der Waals surface area contributed by atoms with Gasteiger partial charge in [-0.25, -0.2) is 0 Å². The van der Waals surface area contributed by atoms with Gasteiger partial charge < -0.3 is 15.4 Å². The molecule has 1 atom stereocenters. The van der Waals surface area contributed by atoms with E-state index in [2.05, 4.69) is 56.1 Å². The van der Waals surface area contributed by atoms with Gasteiger partial charge >= 0.3 is 0 Å². The average molecular weight is 460 g/mol. The fourth-order valence-electron chi connectivity index (χ4n) is 4.28. The summed E-state index contributed by atoms with van der Waals surface area (Å²) in [5, 5.41) is 15.3. The number of ether oxygens (including phenoxy) is 1. The number of amides is 1. The third-order valence-electron chi connectivity index (χ3n) is 6.08. The molecule has 1 saturated heterocycles. The summed E-state index contributed by atoms with van der Waals surface area (Å²) in [5.41, 5.74) is 5.31. The summed E-state index contributed by atoms with van der Waals surface area (Å²) >= 11 is 0. The number of benzene rings is 2. The van der Waals surface area contributed by atoms with Crippen molar-refractivity contribution in [1.82, 2.24) is 20.4 Å². The highest BCUT2D eigenvalue weighted by molar-refractivity contribution is 5.73. The van der Waals surface area contributed by atoms with Gasteiger partial charge in [0, 0.05) is 50.4 Å². The number of aromatic nitrogens is 2. The third kappa shape index (κ3) is 6.78. The summed E-state index contributed by atoms with van der Waals surface area (Å²) in [5.74, 6) is 0.888. The highest BCUT2D eigenvalue weighted by Crippen LogP contribution is 2.20. The molecule has 1 unspecified atom stereocenters. The predicted octanol–water partition coefficient (Wildman–Crippen LogP) is 3.91. The van der Waals surface area contributed by atoms with Crippen LogP contribution in [0.1, 0.15) is 31.0 Å². The minimum atomic E-state index is 0.0555. The molecule has 2 N–H and O–H groups in total. The van der Waals surface area contributed by atoms with Crippen LogP contribution in [-0.2, 0) is 17.8 Å². The summed E-state index contributed by atoms with van der Waals surface area (Å²) in [4.78, 5) is 13.6. The highest BCUT2D eigenvalue weighted by atomic mass is 16.5. The van der Waals surface area contributed by atoms with E-state index < -0.39 is 0 Å². The number of nitrogens with one attached hydrogen (secondary N) is 2. The SMILES string of the molecule is COc1ccc(-c2ccc(CCCNc3ccc(CN4CCC(NC(C)=O)C4)cc3)nn2)cc1. The average Bonchev–Trinajstić information content (AvgIpc) is 3.29. The molecule has 178 valence electrons. The zero-order valence-electron chi connectivity index (χ0n) is 20.0. The number of carbonyl (C=O) groups is 1. The molecule has 7 nitrogen and oxygen atoms in total. The molecule has 0 saturated carbocycles. The second kappa shape index (κ2) is 11.6. The second-order valence-electron chi connectivity index (χ2n) is 8.79. The molecule has 2 heterocycles. The maximum Gasteiger partial charge on any atom is 0.217 e. The molecular formula is C27H33N5O2. The van der Waals surface area contributed by atoms with Crippen molar-refractivity contribution in [3.63, 3.8) is 0 Å². The number of anilines is 1. The smallest absolute Gasteiger partial charge is 0.217 e. The monoisotopic (exact) mass is 459 g/mol. The number of nitrogens with zero attached hydrogens (tertiary/aromatic N) is 3. The van der Waals surface area contributed by atoms with E-state index in [-0.39, 0.29) is 11.9 Å². The van der Waals surface area contributed by atoms with Crippen LogP contribution < -0.4 is 15.4 Å². The van der Waals surface area contributed by atoms with Crippen molar-refractivity contribution in [2.24, 2.45) is 0 Å². The van der Waals surface area contributed by atoms with Crippen LogP contribution in [-0.4, -0.2) is 53.8 Å². The molecule has 1 aliphatic heterocycles. The van der Waals surface area contributed by atoms with Gasteiger partial charge in [-0.1, -0.05) is 12.1 Å². The quantitative estimate of drug-likeness (QED) is 0.448. The first-order valence-corrected chi connectivity index (χ1v) is 11.9. The molecule has 7 heteroatoms. The Bertz CT molecular complexity index is 1050. The van der Waals surface area contributed by atoms with Crippen molar-refractivity contribution in [3.8, 4) is 17.0 Å². The van der Waals surface area contributed by atoms with Crippen molar-refractivity contribution < 1.29 is 9.53 Å². The minimum Gasteiger partial charge on any atom is -0.497 e. The van der Waals surface area contributed by atoms with Crippen LogP contribution >= 0.6 is 0 Å². The van der Waals surface area contributed by atoms with Gasteiger partial charge in [0.1, 0.15) is 5.75 Å². The van der Waals surface area contributed by atoms with Crippen molar-refractivity contribution >= 4 is 11.6 Å². The van der Waals surface area contributed by atoms with Gasteiger partial charge in [0.25, 0.3) is 0 Å². The summed E-state index contributed by atoms with van der Waals surface area (Å²) in [6.07, 6.45) is 2.88. The zero-order valence-corrected chi connectivity index (χ0v) is 20.0. The van der Waals surface area contributed by atoms with E-state index in [1.165, 1.54) is 5.56 Å². The number of hydrogen-bond donors (Lipinski definition) is 2. The minimum absolute atomic E-state index is 0.0555. The highest BCUT2D eigenvalue weighted by Gasteiger charge is 2.22. The molecule has 1 aromatic heterocycles. The van der Waals surface area contributed by atoms with Crippen LogP contribution in [0, 0.1) is 0 Å². The molecule has 0 radical (unpaired) electrons. The predicted molar refractivity (Wildman–Crippen MR) is 135 cm³/mol. The number of aryl methyl sites for hydroxylation is 1. The van der Waals surface area contributed by atoms with E-state index in [1.807, 2.05) is 30.3 Å². The molecule has 34 heavy (non-hydrogen) atoms. The lowest BCUT2D eigenvalue weighted by Crippen LogP contribution is -2.35. The number of rotatable bonds is 10. The Morgan fingerprint density at radius 1 is 1.06 bits per heavy atom. The molecule has 0 aliphatic carbocycles. The van der Waals surface area contributed by atoms with Gasteiger partial charge in [0.05, 0.1) is 18.5 Å². The second-order valence-corrected chi connectivity index (χ2v) is 8.79. The van der Waals surface area contributed by atoms with Crippen LogP contribution in [0.25, 0.3) is 11.3 Å². The Kier molecular flexibility index (Phi) is 8.09. The topological polar surface area (TPSA) is 79.4 Å². The largest absolute Gasteiger partial charge is 0.497 e. The fourth-order valence-corrected chi connectivity index (χ4v) is 4.28. The molecule has 3 aromatic rings. The van der Waals surface area contributed by atoms with Crippen LogP contribution in [0.3, 0.4) is 0 Å². The molecule has 0 spiro atoms. The first-order valence-electron chi connectivity index (χ1n) is 11.9. The van der Waals surface area contributed by atoms with Crippen molar-refractivity contribution in [3.05, 3.63) is 71.9 Å². The van der Waals surface area contributed by atoms with Gasteiger partial charge in [0.2, 0.25) is 5.91 Å². The van der Waals surface area contributed by atoms with Crippen molar-refractivity contribution in [1.29, 1.82) is 0 Å². The Labute approximate surface area is 201 Å². The molecule has 0 bridgehead atoms. The van der Waals surface area contributed by atoms with Crippen LogP contribution in [0.4, 0.5) is 5.69 Å². The summed E-state index contributed by atoms with van der Waals surface area (Å²) in [6, 6.07) is 20.8. The van der Waals surface area contributed by atoms with Gasteiger partial charge in [0.15, 0.2) is 0 Å². The molecule has 2 aromatic carbocycles. The Morgan fingerprint density at radius 2 is 1.85 bits per heavy atom. The molecular weight excluding hydrogens is 426 g/mol. The molecule has 1 amide bonds.